The molecule has 2 saturated heterocycles. The number of fused-ring (bicyclic) bond motifs is 1. The van der Waals surface area contributed by atoms with E-state index in [1.54, 1.807) is 30.6 Å². The molecule has 5 fully saturated rings. The van der Waals surface area contributed by atoms with E-state index in [2.05, 4.69) is 4.72 Å². The molecule has 0 unspecified atom stereocenters. The molecule has 3 aliphatic carbocycles. The number of sulfonamides is 1. The summed E-state index contributed by atoms with van der Waals surface area (Å²) in [5.41, 5.74) is -1.59. The monoisotopic (exact) mass is 458 g/mol. The zero-order valence-electron chi connectivity index (χ0n) is 18.5. The summed E-state index contributed by atoms with van der Waals surface area (Å²) >= 11 is 0. The lowest BCUT2D eigenvalue weighted by atomic mass is 9.44. The number of nitrogens with zero attached hydrogens (tertiary/aromatic N) is 3. The Hall–Kier alpha value is -2.08. The van der Waals surface area contributed by atoms with Crippen LogP contribution in [0.2, 0.25) is 0 Å². The number of methoxy groups -OCH3 is 1. The van der Waals surface area contributed by atoms with Gasteiger partial charge in [0, 0.05) is 25.2 Å². The van der Waals surface area contributed by atoms with Gasteiger partial charge < -0.3 is 19.3 Å². The first-order chi connectivity index (χ1) is 14.2. The summed E-state index contributed by atoms with van der Waals surface area (Å²) < 4.78 is 36.3. The summed E-state index contributed by atoms with van der Waals surface area (Å²) in [6, 6.07) is -1.69. The Bertz CT molecular complexity index is 908. The van der Waals surface area contributed by atoms with Gasteiger partial charge in [0.1, 0.15) is 5.60 Å². The molecule has 12 heteroatoms. The molecular weight excluding hydrogens is 428 g/mol. The van der Waals surface area contributed by atoms with Crippen LogP contribution in [-0.2, 0) is 24.3 Å². The summed E-state index contributed by atoms with van der Waals surface area (Å²) in [5.74, 6) is -0.594. The van der Waals surface area contributed by atoms with E-state index >= 15 is 0 Å². The van der Waals surface area contributed by atoms with E-state index in [4.69, 9.17) is 9.47 Å². The molecule has 0 radical (unpaired) electrons. The summed E-state index contributed by atoms with van der Waals surface area (Å²) in [5, 5.41) is 0. The topological polar surface area (TPSA) is 126 Å². The second-order valence-electron chi connectivity index (χ2n) is 10.2. The average Bonchev–Trinajstić information content (AvgIpc) is 2.89. The van der Waals surface area contributed by atoms with Gasteiger partial charge in [-0.2, -0.15) is 0 Å². The molecule has 2 atom stereocenters. The zero-order valence-corrected chi connectivity index (χ0v) is 19.3. The normalized spacial score (nSPS) is 34.6. The quantitative estimate of drug-likeness (QED) is 0.593. The Labute approximate surface area is 182 Å². The van der Waals surface area contributed by atoms with Crippen LogP contribution in [-0.4, -0.2) is 103 Å². The minimum atomic E-state index is -3.33. The minimum absolute atomic E-state index is 0.164. The van der Waals surface area contributed by atoms with Gasteiger partial charge in [-0.3, -0.25) is 4.90 Å². The SMILES string of the molecule is COC(=O)[C@@H]1[C@H]2CN(C34CC(NS(C)(=O)=O)(C3)C4)C(=O)N2CCN1C(=O)OC(C)(C)C. The molecule has 0 aromatic carbocycles. The molecule has 1 N–H and O–H groups in total. The standard InChI is InChI=1S/C19H30N4O7S/c1-17(2,3)30-16(26)22-7-6-21-12(13(22)14(24)29-4)8-23(15(21)25)19-9-18(10-19,11-19)20-31(5,27)28/h12-13,20H,6-11H2,1-5H3/t12-,13+,18?,19?/m1/s1. The molecule has 2 heterocycles. The van der Waals surface area contributed by atoms with Gasteiger partial charge in [-0.25, -0.2) is 27.5 Å². The molecule has 0 aromatic heterocycles. The third-order valence-electron chi connectivity index (χ3n) is 6.58. The molecule has 11 nitrogen and oxygen atoms in total. The molecule has 3 saturated carbocycles. The van der Waals surface area contributed by atoms with E-state index in [1.165, 1.54) is 12.0 Å². The lowest BCUT2D eigenvalue weighted by molar-refractivity contribution is -0.153. The first-order valence-corrected chi connectivity index (χ1v) is 12.2. The van der Waals surface area contributed by atoms with Gasteiger partial charge in [0.05, 0.1) is 24.9 Å². The zero-order chi connectivity index (χ0) is 23.0. The third-order valence-corrected chi connectivity index (χ3v) is 7.38. The van der Waals surface area contributed by atoms with Crippen molar-refractivity contribution in [1.29, 1.82) is 0 Å². The highest BCUT2D eigenvalue weighted by atomic mass is 32.2. The highest BCUT2D eigenvalue weighted by Crippen LogP contribution is 2.64. The van der Waals surface area contributed by atoms with Gasteiger partial charge >= 0.3 is 18.1 Å². The van der Waals surface area contributed by atoms with E-state index in [1.807, 2.05) is 0 Å². The number of amides is 3. The maximum absolute atomic E-state index is 13.2. The molecule has 31 heavy (non-hydrogen) atoms. The number of ether oxygens (including phenoxy) is 2. The number of urea groups is 1. The van der Waals surface area contributed by atoms with Crippen LogP contribution < -0.4 is 4.72 Å². The van der Waals surface area contributed by atoms with E-state index in [0.717, 1.165) is 6.26 Å². The fraction of sp³-hybridized carbons (Fsp3) is 0.842. The molecule has 174 valence electrons. The number of rotatable bonds is 4. The molecule has 3 amide bonds. The van der Waals surface area contributed by atoms with E-state index in [-0.39, 0.29) is 25.7 Å². The first kappa shape index (κ1) is 22.1. The van der Waals surface area contributed by atoms with E-state index in [9.17, 15) is 22.8 Å². The van der Waals surface area contributed by atoms with Crippen LogP contribution >= 0.6 is 0 Å². The van der Waals surface area contributed by atoms with Crippen molar-refractivity contribution in [2.24, 2.45) is 0 Å². The van der Waals surface area contributed by atoms with Crippen LogP contribution in [0.15, 0.2) is 0 Å². The summed E-state index contributed by atoms with van der Waals surface area (Å²) in [7, 11) is -2.07. The predicted molar refractivity (Wildman–Crippen MR) is 109 cm³/mol. The van der Waals surface area contributed by atoms with Gasteiger partial charge in [-0.1, -0.05) is 0 Å². The van der Waals surface area contributed by atoms with Crippen LogP contribution in [0.25, 0.3) is 0 Å². The van der Waals surface area contributed by atoms with Crippen molar-refractivity contribution in [1.82, 2.24) is 19.4 Å². The number of carbonyl (C=O) groups is 3. The Kier molecular flexibility index (Phi) is 4.79. The Morgan fingerprint density at radius 3 is 2.29 bits per heavy atom. The van der Waals surface area contributed by atoms with Crippen molar-refractivity contribution in [2.45, 2.75) is 68.8 Å². The fourth-order valence-electron chi connectivity index (χ4n) is 5.60. The van der Waals surface area contributed by atoms with Gasteiger partial charge in [0.25, 0.3) is 0 Å². The number of hydrogen-bond acceptors (Lipinski definition) is 7. The number of hydrogen-bond donors (Lipinski definition) is 1. The average molecular weight is 459 g/mol. The van der Waals surface area contributed by atoms with E-state index < -0.39 is 50.8 Å². The first-order valence-electron chi connectivity index (χ1n) is 10.3. The van der Waals surface area contributed by atoms with Crippen LogP contribution in [0.3, 0.4) is 0 Å². The van der Waals surface area contributed by atoms with Crippen LogP contribution in [0.4, 0.5) is 9.59 Å². The van der Waals surface area contributed by atoms with Crippen LogP contribution in [0.5, 0.6) is 0 Å². The Morgan fingerprint density at radius 1 is 1.16 bits per heavy atom. The number of carbonyl (C=O) groups excluding carboxylic acids is 3. The highest BCUT2D eigenvalue weighted by Gasteiger charge is 2.74. The molecule has 2 bridgehead atoms. The van der Waals surface area contributed by atoms with Crippen molar-refractivity contribution in [3.63, 3.8) is 0 Å². The lowest BCUT2D eigenvalue weighted by Gasteiger charge is -2.72. The molecular formula is C19H30N4O7S. The molecule has 0 aromatic rings. The maximum Gasteiger partial charge on any atom is 0.411 e. The number of piperazine rings is 1. The van der Waals surface area contributed by atoms with Gasteiger partial charge in [-0.05, 0) is 40.0 Å². The fourth-order valence-corrected chi connectivity index (χ4v) is 6.61. The maximum atomic E-state index is 13.2. The van der Waals surface area contributed by atoms with Crippen molar-refractivity contribution in [3.8, 4) is 0 Å². The second-order valence-corrected chi connectivity index (χ2v) is 12.0. The molecule has 0 spiro atoms. The largest absolute Gasteiger partial charge is 0.467 e. The predicted octanol–water partition coefficient (Wildman–Crippen LogP) is 0.109. The number of nitrogens with one attached hydrogen (secondary N) is 1. The summed E-state index contributed by atoms with van der Waals surface area (Å²) in [6.45, 7) is 5.97. The second kappa shape index (κ2) is 6.71. The molecule has 2 aliphatic heterocycles. The highest BCUT2D eigenvalue weighted by molar-refractivity contribution is 7.88. The van der Waals surface area contributed by atoms with Gasteiger partial charge in [0.2, 0.25) is 10.0 Å². The van der Waals surface area contributed by atoms with Crippen molar-refractivity contribution >= 4 is 28.1 Å². The van der Waals surface area contributed by atoms with Crippen molar-refractivity contribution in [3.05, 3.63) is 0 Å². The molecule has 5 rings (SSSR count). The minimum Gasteiger partial charge on any atom is -0.467 e. The van der Waals surface area contributed by atoms with Crippen molar-refractivity contribution < 1.29 is 32.3 Å². The Balaban J connectivity index is 1.52. The van der Waals surface area contributed by atoms with E-state index in [0.29, 0.717) is 19.3 Å². The number of esters is 1. The van der Waals surface area contributed by atoms with Gasteiger partial charge in [0.15, 0.2) is 6.04 Å². The van der Waals surface area contributed by atoms with Crippen LogP contribution in [0.1, 0.15) is 40.0 Å². The lowest BCUT2D eigenvalue weighted by Crippen LogP contribution is -2.83. The Morgan fingerprint density at radius 2 is 1.77 bits per heavy atom. The summed E-state index contributed by atoms with van der Waals surface area (Å²) in [6.07, 6.45) is 2.18. The third kappa shape index (κ3) is 3.63. The van der Waals surface area contributed by atoms with Crippen LogP contribution in [0, 0.1) is 0 Å². The van der Waals surface area contributed by atoms with Crippen molar-refractivity contribution in [2.75, 3.05) is 33.0 Å². The smallest absolute Gasteiger partial charge is 0.411 e. The summed E-state index contributed by atoms with van der Waals surface area (Å²) in [4.78, 5) is 43.3. The molecule has 5 aliphatic rings. The van der Waals surface area contributed by atoms with Gasteiger partial charge in [-0.15, -0.1) is 0 Å².